The molecule has 1 aliphatic heterocycles. The van der Waals surface area contributed by atoms with Crippen LogP contribution in [-0.2, 0) is 14.3 Å². The number of alkyl carbamates (subject to hydrolysis) is 1. The highest BCUT2D eigenvalue weighted by molar-refractivity contribution is 5.95. The first kappa shape index (κ1) is 36.2. The number of ether oxygens (including phenoxy) is 4. The molecule has 14 nitrogen and oxygen atoms in total. The number of halogens is 2. The van der Waals surface area contributed by atoms with Crippen LogP contribution in [0.1, 0.15) is 83.6 Å². The number of hydrogen-bond acceptors (Lipinski definition) is 10. The number of benzene rings is 1. The highest BCUT2D eigenvalue weighted by Crippen LogP contribution is 2.37. The van der Waals surface area contributed by atoms with E-state index in [9.17, 15) is 28.0 Å². The number of hydrogen-bond donors (Lipinski definition) is 2. The maximum atomic E-state index is 14.0. The van der Waals surface area contributed by atoms with Gasteiger partial charge in [-0.2, -0.15) is 8.78 Å². The molecule has 48 heavy (non-hydrogen) atoms. The minimum Gasteiger partial charge on any atom is -0.489 e. The van der Waals surface area contributed by atoms with E-state index in [0.29, 0.717) is 12.5 Å². The van der Waals surface area contributed by atoms with Crippen molar-refractivity contribution < 1.29 is 51.3 Å². The van der Waals surface area contributed by atoms with Crippen molar-refractivity contribution in [3.8, 4) is 23.0 Å². The molecule has 1 aromatic heterocycles. The summed E-state index contributed by atoms with van der Waals surface area (Å²) in [4.78, 5) is 58.9. The van der Waals surface area contributed by atoms with Crippen LogP contribution in [0.5, 0.6) is 11.5 Å². The van der Waals surface area contributed by atoms with Crippen molar-refractivity contribution in [1.29, 1.82) is 0 Å². The van der Waals surface area contributed by atoms with E-state index in [2.05, 4.69) is 15.0 Å². The van der Waals surface area contributed by atoms with Crippen LogP contribution < -0.4 is 20.5 Å². The summed E-state index contributed by atoms with van der Waals surface area (Å²) in [5.74, 6) is -1.47. The predicted octanol–water partition coefficient (Wildman–Crippen LogP) is 4.86. The zero-order valence-corrected chi connectivity index (χ0v) is 28.1. The summed E-state index contributed by atoms with van der Waals surface area (Å²) in [5, 5.41) is 2.63. The number of carbonyl (C=O) groups excluding carboxylic acids is 4. The normalized spacial score (nSPS) is 17.5. The topological polar surface area (TPSA) is 176 Å². The molecular weight excluding hydrogens is 636 g/mol. The van der Waals surface area contributed by atoms with Gasteiger partial charge in [0.05, 0.1) is 19.2 Å². The van der Waals surface area contributed by atoms with Gasteiger partial charge in [-0.3, -0.25) is 14.5 Å². The summed E-state index contributed by atoms with van der Waals surface area (Å²) in [5.41, 5.74) is 4.07. The SMILES string of the molecule is C[C@H](NC(=O)OC(C)(C)C)c1oc(-c2ccc(OC(F)F)c(OCC3CC3)c2)nc1C(=O)N1CCN(C(=O)OC(C)(C)C)C(C(N)=O)C1. The molecule has 2 fully saturated rings. The number of alkyl halides is 2. The van der Waals surface area contributed by atoms with Crippen molar-refractivity contribution in [2.75, 3.05) is 26.2 Å². The van der Waals surface area contributed by atoms with Crippen LogP contribution in [0, 0.1) is 5.92 Å². The molecule has 1 unspecified atom stereocenters. The lowest BCUT2D eigenvalue weighted by Gasteiger charge is -2.40. The van der Waals surface area contributed by atoms with Crippen molar-refractivity contribution >= 4 is 24.0 Å². The second-order valence-electron chi connectivity index (χ2n) is 13.7. The third-order valence-corrected chi connectivity index (χ3v) is 7.18. The number of aromatic nitrogens is 1. The molecule has 2 aromatic rings. The molecule has 4 amide bonds. The van der Waals surface area contributed by atoms with E-state index < -0.39 is 53.9 Å². The Morgan fingerprint density at radius 2 is 1.71 bits per heavy atom. The lowest BCUT2D eigenvalue weighted by Crippen LogP contribution is -2.61. The first-order chi connectivity index (χ1) is 22.3. The summed E-state index contributed by atoms with van der Waals surface area (Å²) >= 11 is 0. The molecule has 1 aromatic carbocycles. The fourth-order valence-corrected chi connectivity index (χ4v) is 4.79. The van der Waals surface area contributed by atoms with Gasteiger partial charge in [-0.25, -0.2) is 14.6 Å². The van der Waals surface area contributed by atoms with Gasteiger partial charge in [0, 0.05) is 18.7 Å². The van der Waals surface area contributed by atoms with Gasteiger partial charge >= 0.3 is 18.8 Å². The average Bonchev–Trinajstić information content (AvgIpc) is 3.68. The molecule has 0 bridgehead atoms. The summed E-state index contributed by atoms with van der Waals surface area (Å²) in [6.07, 6.45) is 0.391. The maximum absolute atomic E-state index is 14.0. The van der Waals surface area contributed by atoms with E-state index in [-0.39, 0.29) is 54.0 Å². The van der Waals surface area contributed by atoms with Crippen molar-refractivity contribution in [1.82, 2.24) is 20.1 Å². The third kappa shape index (κ3) is 9.70. The van der Waals surface area contributed by atoms with E-state index in [1.165, 1.54) is 28.0 Å². The van der Waals surface area contributed by atoms with Crippen molar-refractivity contribution in [3.05, 3.63) is 29.7 Å². The van der Waals surface area contributed by atoms with Crippen LogP contribution >= 0.6 is 0 Å². The van der Waals surface area contributed by atoms with Crippen LogP contribution in [0.15, 0.2) is 22.6 Å². The van der Waals surface area contributed by atoms with Crippen LogP contribution in [-0.4, -0.2) is 88.9 Å². The Hall–Kier alpha value is -4.63. The molecule has 2 atom stereocenters. The number of nitrogens with two attached hydrogens (primary N) is 1. The van der Waals surface area contributed by atoms with Gasteiger partial charge < -0.3 is 39.3 Å². The van der Waals surface area contributed by atoms with E-state index in [0.717, 1.165) is 12.8 Å². The Kier molecular flexibility index (Phi) is 10.7. The molecule has 1 saturated carbocycles. The average molecular weight is 680 g/mol. The Morgan fingerprint density at radius 3 is 2.29 bits per heavy atom. The Morgan fingerprint density at radius 1 is 1.04 bits per heavy atom. The summed E-state index contributed by atoms with van der Waals surface area (Å²) < 4.78 is 53.5. The van der Waals surface area contributed by atoms with Crippen LogP contribution in [0.3, 0.4) is 0 Å². The number of nitrogens with zero attached hydrogens (tertiary/aromatic N) is 3. The standard InChI is InChI=1S/C32H43F2N5O9/c1-17(36-29(42)47-31(2,3)4)24-23(27(41)38-12-13-39(20(15-38)25(35)40)30(43)48-32(5,6)7)37-26(46-24)19-10-11-21(45-28(33)34)22(14-19)44-16-18-8-9-18/h10-11,14,17-18,20,28H,8-9,12-13,15-16H2,1-7H3,(H2,35,40)(H,36,42)/t17-,20?/m0/s1. The zero-order valence-electron chi connectivity index (χ0n) is 28.1. The van der Waals surface area contributed by atoms with Crippen molar-refractivity contribution in [2.45, 2.75) is 91.2 Å². The highest BCUT2D eigenvalue weighted by Gasteiger charge is 2.40. The lowest BCUT2D eigenvalue weighted by atomic mass is 10.1. The van der Waals surface area contributed by atoms with Gasteiger partial charge in [0.25, 0.3) is 5.91 Å². The molecule has 2 aliphatic rings. The Labute approximate surface area is 277 Å². The molecule has 1 aliphatic carbocycles. The van der Waals surface area contributed by atoms with E-state index in [4.69, 9.17) is 24.4 Å². The first-order valence-corrected chi connectivity index (χ1v) is 15.6. The largest absolute Gasteiger partial charge is 0.489 e. The molecule has 0 radical (unpaired) electrons. The highest BCUT2D eigenvalue weighted by atomic mass is 19.3. The number of amides is 4. The maximum Gasteiger partial charge on any atom is 0.411 e. The molecular formula is C32H43F2N5O9. The number of carbonyl (C=O) groups is 4. The fraction of sp³-hybridized carbons (Fsp3) is 0.594. The quantitative estimate of drug-likeness (QED) is 0.353. The molecule has 4 rings (SSSR count). The van der Waals surface area contributed by atoms with Crippen LogP contribution in [0.2, 0.25) is 0 Å². The van der Waals surface area contributed by atoms with E-state index in [1.54, 1.807) is 48.5 Å². The number of primary amides is 1. The molecule has 0 spiro atoms. The zero-order chi connectivity index (χ0) is 35.6. The monoisotopic (exact) mass is 679 g/mol. The third-order valence-electron chi connectivity index (χ3n) is 7.18. The Balaban J connectivity index is 1.68. The molecule has 1 saturated heterocycles. The van der Waals surface area contributed by atoms with Gasteiger partial charge in [-0.15, -0.1) is 0 Å². The smallest absolute Gasteiger partial charge is 0.411 e. The fourth-order valence-electron chi connectivity index (χ4n) is 4.79. The van der Waals surface area contributed by atoms with Crippen LogP contribution in [0.25, 0.3) is 11.5 Å². The van der Waals surface area contributed by atoms with E-state index >= 15 is 0 Å². The number of oxazole rings is 1. The Bertz CT molecular complexity index is 1510. The second kappa shape index (κ2) is 14.2. The molecule has 16 heteroatoms. The summed E-state index contributed by atoms with van der Waals surface area (Å²) in [7, 11) is 0. The number of rotatable bonds is 10. The minimum atomic E-state index is -3.09. The minimum absolute atomic E-state index is 0.00379. The van der Waals surface area contributed by atoms with Gasteiger partial charge in [0.1, 0.15) is 17.2 Å². The van der Waals surface area contributed by atoms with Gasteiger partial charge in [-0.1, -0.05) is 0 Å². The van der Waals surface area contributed by atoms with Gasteiger partial charge in [0.2, 0.25) is 11.8 Å². The molecule has 2 heterocycles. The van der Waals surface area contributed by atoms with E-state index in [1.807, 2.05) is 0 Å². The van der Waals surface area contributed by atoms with Crippen LogP contribution in [0.4, 0.5) is 18.4 Å². The van der Waals surface area contributed by atoms with Gasteiger partial charge in [0.15, 0.2) is 23.0 Å². The van der Waals surface area contributed by atoms with Crippen molar-refractivity contribution in [3.63, 3.8) is 0 Å². The lowest BCUT2D eigenvalue weighted by molar-refractivity contribution is -0.125. The summed E-state index contributed by atoms with van der Waals surface area (Å²) in [6.45, 7) is 8.56. The van der Waals surface area contributed by atoms with Crippen molar-refractivity contribution in [2.24, 2.45) is 11.7 Å². The molecule has 3 N–H and O–H groups in total. The second-order valence-corrected chi connectivity index (χ2v) is 13.7. The molecule has 264 valence electrons. The first-order valence-electron chi connectivity index (χ1n) is 15.6. The van der Waals surface area contributed by atoms with Gasteiger partial charge in [-0.05, 0) is 85.4 Å². The number of nitrogens with one attached hydrogen (secondary N) is 1. The summed E-state index contributed by atoms with van der Waals surface area (Å²) in [6, 6.07) is 1.98. The predicted molar refractivity (Wildman–Crippen MR) is 166 cm³/mol. The number of piperazine rings is 1.